The van der Waals surface area contributed by atoms with Gasteiger partial charge in [0.15, 0.2) is 0 Å². The Balaban J connectivity index is 1.75. The number of pyridine rings is 1. The first-order valence-electron chi connectivity index (χ1n) is 6.78. The number of aromatic nitrogens is 1. The summed E-state index contributed by atoms with van der Waals surface area (Å²) in [6, 6.07) is 12.0. The summed E-state index contributed by atoms with van der Waals surface area (Å²) in [5.41, 5.74) is 1.77. The number of benzene rings is 1. The fourth-order valence-electron chi connectivity index (χ4n) is 2.04. The molecule has 1 N–H and O–H groups in total. The van der Waals surface area contributed by atoms with Crippen LogP contribution in [0.5, 0.6) is 0 Å². The number of hydrogen-bond acceptors (Lipinski definition) is 4. The average molecular weight is 365 g/mol. The molecule has 0 aliphatic rings. The molecule has 1 aromatic carbocycles. The summed E-state index contributed by atoms with van der Waals surface area (Å²) in [4.78, 5) is 5.46. The number of nitrogens with one attached hydrogen (secondary N) is 1. The molecule has 0 aliphatic carbocycles. The van der Waals surface area contributed by atoms with Crippen molar-refractivity contribution in [3.05, 3.63) is 70.8 Å². The summed E-state index contributed by atoms with van der Waals surface area (Å²) in [6.07, 6.45) is 3.42. The minimum atomic E-state index is -3.58. The second-order valence-corrected chi connectivity index (χ2v) is 7.99. The van der Waals surface area contributed by atoms with Crippen LogP contribution >= 0.6 is 22.9 Å². The van der Waals surface area contributed by atoms with E-state index in [0.29, 0.717) is 5.02 Å². The molecule has 2 heterocycles. The SMILES string of the molecule is O=S(=O)(NCc1cncc(-c2cccs2)c1)c1ccc(Cl)cc1. The van der Waals surface area contributed by atoms with E-state index in [9.17, 15) is 8.42 Å². The Morgan fingerprint density at radius 3 is 2.61 bits per heavy atom. The van der Waals surface area contributed by atoms with Gasteiger partial charge >= 0.3 is 0 Å². The first kappa shape index (κ1) is 16.1. The van der Waals surface area contributed by atoms with E-state index in [1.165, 1.54) is 12.1 Å². The summed E-state index contributed by atoms with van der Waals surface area (Å²) < 4.78 is 27.1. The van der Waals surface area contributed by atoms with Crippen molar-refractivity contribution in [2.45, 2.75) is 11.4 Å². The predicted molar refractivity (Wildman–Crippen MR) is 93.0 cm³/mol. The molecular weight excluding hydrogens is 352 g/mol. The van der Waals surface area contributed by atoms with E-state index in [4.69, 9.17) is 11.6 Å². The Labute approximate surface area is 143 Å². The molecular formula is C16H13ClN2O2S2. The van der Waals surface area contributed by atoms with Crippen LogP contribution in [0.25, 0.3) is 10.4 Å². The molecule has 0 aliphatic heterocycles. The number of thiophene rings is 1. The highest BCUT2D eigenvalue weighted by molar-refractivity contribution is 7.89. The van der Waals surface area contributed by atoms with Crippen LogP contribution in [0.3, 0.4) is 0 Å². The number of hydrogen-bond donors (Lipinski definition) is 1. The van der Waals surface area contributed by atoms with Gasteiger partial charge in [0.2, 0.25) is 10.0 Å². The van der Waals surface area contributed by atoms with Gasteiger partial charge in [-0.15, -0.1) is 11.3 Å². The summed E-state index contributed by atoms with van der Waals surface area (Å²) in [5.74, 6) is 0. The topological polar surface area (TPSA) is 59.1 Å². The lowest BCUT2D eigenvalue weighted by Gasteiger charge is -2.07. The number of rotatable bonds is 5. The van der Waals surface area contributed by atoms with Gasteiger partial charge in [-0.2, -0.15) is 0 Å². The normalized spacial score (nSPS) is 11.5. The lowest BCUT2D eigenvalue weighted by molar-refractivity contribution is 0.581. The molecule has 23 heavy (non-hydrogen) atoms. The zero-order valence-electron chi connectivity index (χ0n) is 11.9. The number of nitrogens with zero attached hydrogens (tertiary/aromatic N) is 1. The third kappa shape index (κ3) is 3.97. The van der Waals surface area contributed by atoms with Crippen molar-refractivity contribution >= 4 is 33.0 Å². The second kappa shape index (κ2) is 6.80. The number of halogens is 1. The molecule has 118 valence electrons. The molecule has 0 spiro atoms. The molecule has 0 bridgehead atoms. The van der Waals surface area contributed by atoms with Crippen LogP contribution in [0.15, 0.2) is 65.1 Å². The molecule has 0 saturated heterocycles. The van der Waals surface area contributed by atoms with E-state index in [1.807, 2.05) is 23.6 Å². The van der Waals surface area contributed by atoms with Crippen molar-refractivity contribution in [1.29, 1.82) is 0 Å². The fraction of sp³-hybridized carbons (Fsp3) is 0.0625. The van der Waals surface area contributed by atoms with Crippen molar-refractivity contribution in [3.8, 4) is 10.4 Å². The maximum atomic E-state index is 12.3. The Bertz CT molecular complexity index is 892. The van der Waals surface area contributed by atoms with Crippen LogP contribution in [0.2, 0.25) is 5.02 Å². The van der Waals surface area contributed by atoms with E-state index in [1.54, 1.807) is 35.9 Å². The van der Waals surface area contributed by atoms with Gasteiger partial charge in [0.1, 0.15) is 0 Å². The van der Waals surface area contributed by atoms with Crippen molar-refractivity contribution < 1.29 is 8.42 Å². The molecule has 2 aromatic heterocycles. The van der Waals surface area contributed by atoms with E-state index >= 15 is 0 Å². The molecule has 4 nitrogen and oxygen atoms in total. The quantitative estimate of drug-likeness (QED) is 0.745. The van der Waals surface area contributed by atoms with Gasteiger partial charge < -0.3 is 0 Å². The Morgan fingerprint density at radius 1 is 1.13 bits per heavy atom. The van der Waals surface area contributed by atoms with Crippen molar-refractivity contribution in [2.75, 3.05) is 0 Å². The maximum Gasteiger partial charge on any atom is 0.240 e. The maximum absolute atomic E-state index is 12.3. The minimum absolute atomic E-state index is 0.178. The van der Waals surface area contributed by atoms with Gasteiger partial charge in [0, 0.05) is 34.4 Å². The molecule has 0 unspecified atom stereocenters. The average Bonchev–Trinajstić information content (AvgIpc) is 3.08. The highest BCUT2D eigenvalue weighted by atomic mass is 35.5. The van der Waals surface area contributed by atoms with Gasteiger partial charge in [-0.25, -0.2) is 13.1 Å². The van der Waals surface area contributed by atoms with Crippen LogP contribution in [-0.2, 0) is 16.6 Å². The first-order chi connectivity index (χ1) is 11.0. The molecule has 0 radical (unpaired) electrons. The zero-order valence-corrected chi connectivity index (χ0v) is 14.3. The molecule has 0 amide bonds. The molecule has 0 fully saturated rings. The Hall–Kier alpha value is -1.73. The highest BCUT2D eigenvalue weighted by Gasteiger charge is 2.13. The summed E-state index contributed by atoms with van der Waals surface area (Å²) in [6.45, 7) is 0.178. The highest BCUT2D eigenvalue weighted by Crippen LogP contribution is 2.24. The third-order valence-corrected chi connectivity index (χ3v) is 5.78. The Morgan fingerprint density at radius 2 is 1.91 bits per heavy atom. The van der Waals surface area contributed by atoms with Crippen LogP contribution in [-0.4, -0.2) is 13.4 Å². The van der Waals surface area contributed by atoms with Crippen molar-refractivity contribution in [3.63, 3.8) is 0 Å². The van der Waals surface area contributed by atoms with E-state index in [2.05, 4.69) is 9.71 Å². The minimum Gasteiger partial charge on any atom is -0.264 e. The monoisotopic (exact) mass is 364 g/mol. The predicted octanol–water partition coefficient (Wildman–Crippen LogP) is 3.94. The van der Waals surface area contributed by atoms with Crippen molar-refractivity contribution in [1.82, 2.24) is 9.71 Å². The van der Waals surface area contributed by atoms with Gasteiger partial charge in [0.05, 0.1) is 4.90 Å². The molecule has 7 heteroatoms. The van der Waals surface area contributed by atoms with Crippen LogP contribution < -0.4 is 4.72 Å². The summed E-state index contributed by atoms with van der Waals surface area (Å²) in [5, 5.41) is 2.49. The van der Waals surface area contributed by atoms with Crippen LogP contribution in [0.1, 0.15) is 5.56 Å². The van der Waals surface area contributed by atoms with E-state index in [-0.39, 0.29) is 11.4 Å². The molecule has 3 rings (SSSR count). The lowest BCUT2D eigenvalue weighted by atomic mass is 10.2. The Kier molecular flexibility index (Phi) is 4.77. The van der Waals surface area contributed by atoms with Gasteiger partial charge in [-0.1, -0.05) is 17.7 Å². The van der Waals surface area contributed by atoms with Crippen LogP contribution in [0, 0.1) is 0 Å². The first-order valence-corrected chi connectivity index (χ1v) is 9.52. The van der Waals surface area contributed by atoms with E-state index in [0.717, 1.165) is 16.0 Å². The van der Waals surface area contributed by atoms with Gasteiger partial charge in [0.25, 0.3) is 0 Å². The number of sulfonamides is 1. The van der Waals surface area contributed by atoms with Crippen molar-refractivity contribution in [2.24, 2.45) is 0 Å². The largest absolute Gasteiger partial charge is 0.264 e. The van der Waals surface area contributed by atoms with Crippen LogP contribution in [0.4, 0.5) is 0 Å². The lowest BCUT2D eigenvalue weighted by Crippen LogP contribution is -2.23. The standard InChI is InChI=1S/C16H13ClN2O2S2/c17-14-3-5-15(6-4-14)23(20,21)19-10-12-8-13(11-18-9-12)16-2-1-7-22-16/h1-9,11,19H,10H2. The summed E-state index contributed by atoms with van der Waals surface area (Å²) >= 11 is 7.39. The molecule has 0 atom stereocenters. The molecule has 3 aromatic rings. The van der Waals surface area contributed by atoms with Gasteiger partial charge in [-0.05, 0) is 47.3 Å². The van der Waals surface area contributed by atoms with Gasteiger partial charge in [-0.3, -0.25) is 4.98 Å². The fourth-order valence-corrected chi connectivity index (χ4v) is 3.89. The second-order valence-electron chi connectivity index (χ2n) is 4.84. The molecule has 0 saturated carbocycles. The summed E-state index contributed by atoms with van der Waals surface area (Å²) in [7, 11) is -3.58. The zero-order chi connectivity index (χ0) is 16.3. The smallest absolute Gasteiger partial charge is 0.240 e. The van der Waals surface area contributed by atoms with E-state index < -0.39 is 10.0 Å². The third-order valence-electron chi connectivity index (χ3n) is 3.19.